The molecule has 0 aromatic heterocycles. The molecule has 3 unspecified atom stereocenters. The van der Waals surface area contributed by atoms with Gasteiger partial charge in [-0.3, -0.25) is 0 Å². The van der Waals surface area contributed by atoms with Gasteiger partial charge in [-0.05, 0) is 139 Å². The SMILES string of the molecule is CC(C)=C(c1cc(C)cc(C23CC4CC(CC(C4)C2)C3)c1O)C1c2cc(C(C)(C)C)ccc2C2C=CC(C(C)(C)C)=CC21. The van der Waals surface area contributed by atoms with E-state index in [0.717, 1.165) is 23.3 Å². The third kappa shape index (κ3) is 4.71. The Morgan fingerprint density at radius 2 is 1.44 bits per heavy atom. The molecule has 8 rings (SSSR count). The highest BCUT2D eigenvalue weighted by atomic mass is 16.3. The van der Waals surface area contributed by atoms with Crippen LogP contribution in [0.4, 0.5) is 0 Å². The first-order valence-electron chi connectivity index (χ1n) is 17.2. The van der Waals surface area contributed by atoms with Gasteiger partial charge in [0.2, 0.25) is 0 Å². The molecule has 1 heteroatoms. The summed E-state index contributed by atoms with van der Waals surface area (Å²) in [7, 11) is 0. The number of fused-ring (bicyclic) bond motifs is 3. The summed E-state index contributed by atoms with van der Waals surface area (Å²) < 4.78 is 0. The Hall–Kier alpha value is -2.54. The van der Waals surface area contributed by atoms with Crippen LogP contribution in [0.3, 0.4) is 0 Å². The van der Waals surface area contributed by atoms with E-state index in [-0.39, 0.29) is 22.2 Å². The number of rotatable bonds is 3. The molecule has 1 N–H and O–H groups in total. The van der Waals surface area contributed by atoms with Gasteiger partial charge in [0.05, 0.1) is 0 Å². The van der Waals surface area contributed by atoms with Crippen LogP contribution in [0, 0.1) is 36.0 Å². The van der Waals surface area contributed by atoms with Crippen LogP contribution in [0.1, 0.15) is 139 Å². The smallest absolute Gasteiger partial charge is 0.126 e. The molecule has 0 heterocycles. The lowest BCUT2D eigenvalue weighted by Gasteiger charge is -2.57. The minimum absolute atomic E-state index is 0.0812. The molecule has 2 aromatic carbocycles. The topological polar surface area (TPSA) is 20.2 Å². The number of hydrogen-bond acceptors (Lipinski definition) is 1. The lowest BCUT2D eigenvalue weighted by Crippen LogP contribution is -2.48. The van der Waals surface area contributed by atoms with Crippen LogP contribution in [-0.4, -0.2) is 5.11 Å². The van der Waals surface area contributed by atoms with Crippen LogP contribution in [0.5, 0.6) is 5.75 Å². The van der Waals surface area contributed by atoms with Gasteiger partial charge >= 0.3 is 0 Å². The monoisotopic (exact) mass is 574 g/mol. The summed E-state index contributed by atoms with van der Waals surface area (Å²) >= 11 is 0. The van der Waals surface area contributed by atoms with Crippen LogP contribution >= 0.6 is 0 Å². The standard InChI is InChI=1S/C42H54O/c1-24(2)37(35-14-25(3)15-36(39(35)43)42-21-26-16-27(22-42)18-28(17-26)23-42)38-33-19-29(40(4,5)6)10-12-31(33)32-13-11-30(20-34(32)38)41(7,8)9/h10-15,19-20,26-28,31,33,38,43H,16-18,21-23H2,1-9H3. The first kappa shape index (κ1) is 29.2. The van der Waals surface area contributed by atoms with Gasteiger partial charge in [0.25, 0.3) is 0 Å². The number of aryl methyl sites for hydroxylation is 1. The van der Waals surface area contributed by atoms with Gasteiger partial charge in [0.1, 0.15) is 5.75 Å². The van der Waals surface area contributed by atoms with E-state index >= 15 is 0 Å². The Kier molecular flexibility index (Phi) is 6.60. The van der Waals surface area contributed by atoms with Gasteiger partial charge in [0.15, 0.2) is 0 Å². The van der Waals surface area contributed by atoms with Crippen molar-refractivity contribution in [1.82, 2.24) is 0 Å². The molecule has 0 amide bonds. The molecule has 4 fully saturated rings. The zero-order valence-electron chi connectivity index (χ0n) is 28.3. The summed E-state index contributed by atoms with van der Waals surface area (Å²) in [5.74, 6) is 4.07. The Morgan fingerprint density at radius 3 is 2.00 bits per heavy atom. The maximum Gasteiger partial charge on any atom is 0.126 e. The van der Waals surface area contributed by atoms with E-state index < -0.39 is 0 Å². The summed E-state index contributed by atoms with van der Waals surface area (Å²) in [5, 5.41) is 12.5. The van der Waals surface area contributed by atoms with E-state index in [2.05, 4.69) is 111 Å². The maximum absolute atomic E-state index is 12.5. The van der Waals surface area contributed by atoms with Gasteiger partial charge in [-0.15, -0.1) is 0 Å². The van der Waals surface area contributed by atoms with E-state index in [1.54, 1.807) is 0 Å². The van der Waals surface area contributed by atoms with Crippen molar-refractivity contribution in [3.63, 3.8) is 0 Å². The van der Waals surface area contributed by atoms with Crippen molar-refractivity contribution >= 4 is 5.57 Å². The summed E-state index contributed by atoms with van der Waals surface area (Å²) in [5.41, 5.74) is 12.5. The van der Waals surface area contributed by atoms with Crippen LogP contribution in [0.15, 0.2) is 59.7 Å². The highest BCUT2D eigenvalue weighted by Crippen LogP contribution is 2.63. The van der Waals surface area contributed by atoms with Gasteiger partial charge in [-0.25, -0.2) is 0 Å². The van der Waals surface area contributed by atoms with Crippen molar-refractivity contribution in [2.45, 2.75) is 124 Å². The summed E-state index contributed by atoms with van der Waals surface area (Å²) in [6, 6.07) is 12.0. The van der Waals surface area contributed by atoms with E-state index in [0.29, 0.717) is 17.6 Å². The molecular formula is C42H54O. The second-order valence-corrected chi connectivity index (χ2v) is 17.7. The fraction of sp³-hybridized carbons (Fsp3) is 0.571. The lowest BCUT2D eigenvalue weighted by molar-refractivity contribution is -0.00617. The molecule has 4 bridgehead atoms. The third-order valence-corrected chi connectivity index (χ3v) is 12.2. The normalized spacial score (nSPS) is 32.4. The molecule has 2 aromatic rings. The Balaban J connectivity index is 1.42. The molecule has 0 aliphatic heterocycles. The zero-order chi connectivity index (χ0) is 30.6. The van der Waals surface area contributed by atoms with Crippen LogP contribution in [-0.2, 0) is 10.8 Å². The van der Waals surface area contributed by atoms with Crippen molar-refractivity contribution in [1.29, 1.82) is 0 Å². The molecule has 43 heavy (non-hydrogen) atoms. The molecule has 0 radical (unpaired) electrons. The number of phenolic OH excluding ortho intramolecular Hbond substituents is 1. The van der Waals surface area contributed by atoms with Gasteiger partial charge in [-0.2, -0.15) is 0 Å². The third-order valence-electron chi connectivity index (χ3n) is 12.2. The molecule has 1 nitrogen and oxygen atoms in total. The average Bonchev–Trinajstić information content (AvgIpc) is 3.21. The number of benzene rings is 2. The first-order valence-corrected chi connectivity index (χ1v) is 17.2. The molecule has 3 atom stereocenters. The maximum atomic E-state index is 12.5. The molecule has 6 aliphatic carbocycles. The number of phenols is 1. The lowest BCUT2D eigenvalue weighted by atomic mass is 9.48. The Bertz CT molecular complexity index is 1520. The van der Waals surface area contributed by atoms with Crippen molar-refractivity contribution in [3.8, 4) is 5.75 Å². The van der Waals surface area contributed by atoms with E-state index in [9.17, 15) is 5.11 Å². The molecule has 0 spiro atoms. The zero-order valence-corrected chi connectivity index (χ0v) is 28.3. The highest BCUT2D eigenvalue weighted by molar-refractivity contribution is 5.81. The molecule has 4 saturated carbocycles. The number of hydrogen-bond donors (Lipinski definition) is 1. The van der Waals surface area contributed by atoms with Gasteiger partial charge in [-0.1, -0.05) is 89.6 Å². The number of allylic oxidation sites excluding steroid dienone is 6. The fourth-order valence-corrected chi connectivity index (χ4v) is 10.6. The predicted molar refractivity (Wildman–Crippen MR) is 182 cm³/mol. The first-order chi connectivity index (χ1) is 20.1. The Labute approximate surface area is 261 Å². The predicted octanol–water partition coefficient (Wildman–Crippen LogP) is 11.3. The van der Waals surface area contributed by atoms with Crippen molar-refractivity contribution in [2.75, 3.05) is 0 Å². The summed E-state index contributed by atoms with van der Waals surface area (Å²) in [6.45, 7) is 20.8. The summed E-state index contributed by atoms with van der Waals surface area (Å²) in [6.07, 6.45) is 15.6. The minimum Gasteiger partial charge on any atom is -0.507 e. The summed E-state index contributed by atoms with van der Waals surface area (Å²) in [4.78, 5) is 0. The average molecular weight is 575 g/mol. The van der Waals surface area contributed by atoms with E-state index in [1.165, 1.54) is 83.1 Å². The van der Waals surface area contributed by atoms with Gasteiger partial charge in [0, 0.05) is 23.0 Å². The largest absolute Gasteiger partial charge is 0.507 e. The van der Waals surface area contributed by atoms with E-state index in [4.69, 9.17) is 0 Å². The molecule has 228 valence electrons. The van der Waals surface area contributed by atoms with E-state index in [1.807, 2.05) is 0 Å². The fourth-order valence-electron chi connectivity index (χ4n) is 10.6. The van der Waals surface area contributed by atoms with Gasteiger partial charge < -0.3 is 5.11 Å². The van der Waals surface area contributed by atoms with Crippen LogP contribution < -0.4 is 0 Å². The minimum atomic E-state index is 0.0812. The second kappa shape index (κ2) is 9.73. The van der Waals surface area contributed by atoms with Crippen LogP contribution in [0.25, 0.3) is 5.57 Å². The number of aromatic hydroxyl groups is 1. The van der Waals surface area contributed by atoms with Crippen molar-refractivity contribution in [3.05, 3.63) is 93.1 Å². The van der Waals surface area contributed by atoms with Crippen molar-refractivity contribution < 1.29 is 5.11 Å². The highest BCUT2D eigenvalue weighted by Gasteiger charge is 2.53. The van der Waals surface area contributed by atoms with Crippen molar-refractivity contribution in [2.24, 2.45) is 29.1 Å². The van der Waals surface area contributed by atoms with Crippen LogP contribution in [0.2, 0.25) is 0 Å². The molecular weight excluding hydrogens is 520 g/mol. The molecule has 6 aliphatic rings. The molecule has 0 saturated heterocycles. The second-order valence-electron chi connectivity index (χ2n) is 17.7. The Morgan fingerprint density at radius 1 is 0.814 bits per heavy atom. The quantitative estimate of drug-likeness (QED) is 0.386.